The van der Waals surface area contributed by atoms with Crippen LogP contribution in [-0.2, 0) is 26.0 Å². The smallest absolute Gasteiger partial charge is 0.497 e. The molecule has 0 fully saturated rings. The van der Waals surface area contributed by atoms with Crippen molar-refractivity contribution in [3.8, 4) is 11.5 Å². The highest BCUT2D eigenvalue weighted by Crippen LogP contribution is 2.27. The van der Waals surface area contributed by atoms with Crippen LogP contribution in [0.2, 0.25) is 0 Å². The summed E-state index contributed by atoms with van der Waals surface area (Å²) in [6.07, 6.45) is 0.836. The molecular weight excluding hydrogens is 476 g/mol. The third-order valence-electron chi connectivity index (χ3n) is 5.12. The highest BCUT2D eigenvalue weighted by molar-refractivity contribution is 7.84. The topological polar surface area (TPSA) is 131 Å². The van der Waals surface area contributed by atoms with Gasteiger partial charge in [0, 0.05) is 23.4 Å². The molecule has 188 valence electrons. The zero-order valence-corrected chi connectivity index (χ0v) is 21.1. The van der Waals surface area contributed by atoms with Crippen LogP contribution >= 0.6 is 0 Å². The van der Waals surface area contributed by atoms with Crippen LogP contribution in [0.3, 0.4) is 0 Å². The summed E-state index contributed by atoms with van der Waals surface area (Å²) in [7, 11) is 1.36. The monoisotopic (exact) mass is 504 g/mol. The van der Waals surface area contributed by atoms with E-state index >= 15 is 0 Å². The number of benzene rings is 1. The maximum absolute atomic E-state index is 13.4. The first-order valence-electron chi connectivity index (χ1n) is 10.8. The van der Waals surface area contributed by atoms with Crippen LogP contribution in [0.5, 0.6) is 11.5 Å². The molecule has 2 heterocycles. The van der Waals surface area contributed by atoms with Crippen LogP contribution in [0.4, 0.5) is 9.59 Å². The van der Waals surface area contributed by atoms with E-state index in [-0.39, 0.29) is 30.7 Å². The van der Waals surface area contributed by atoms with Gasteiger partial charge in [-0.25, -0.2) is 19.1 Å². The number of ether oxygens (including phenoxy) is 4. The van der Waals surface area contributed by atoms with Gasteiger partial charge in [0.05, 0.1) is 60.7 Å². The predicted molar refractivity (Wildman–Crippen MR) is 128 cm³/mol. The molecule has 3 rings (SSSR count). The number of fused-ring (bicyclic) bond motifs is 1. The molecule has 2 aromatic heterocycles. The van der Waals surface area contributed by atoms with Gasteiger partial charge in [0.1, 0.15) is 18.1 Å². The molecule has 0 saturated heterocycles. The lowest BCUT2D eigenvalue weighted by Gasteiger charge is -2.13. The number of nitrogens with one attached hydrogen (secondary N) is 1. The van der Waals surface area contributed by atoms with Gasteiger partial charge in [-0.15, -0.1) is 0 Å². The van der Waals surface area contributed by atoms with E-state index in [2.05, 4.69) is 20.0 Å². The fourth-order valence-corrected chi connectivity index (χ4v) is 4.70. The first-order chi connectivity index (χ1) is 16.8. The average molecular weight is 505 g/mol. The molecule has 1 amide bonds. The van der Waals surface area contributed by atoms with Gasteiger partial charge in [0.2, 0.25) is 5.16 Å². The highest BCUT2D eigenvalue weighted by atomic mass is 32.2. The summed E-state index contributed by atoms with van der Waals surface area (Å²) in [5, 5.41) is 2.70. The zero-order valence-electron chi connectivity index (χ0n) is 20.2. The SMILES string of the molecule is CCOC(=O)OCCNC(=O)n1c(S(=O)Cc2ncc(C)c(OC)c2C)nc2cc(OC)ccc21. The minimum absolute atomic E-state index is 0.0232. The maximum Gasteiger partial charge on any atom is 0.508 e. The largest absolute Gasteiger partial charge is 0.508 e. The summed E-state index contributed by atoms with van der Waals surface area (Å²) in [5.41, 5.74) is 3.10. The summed E-state index contributed by atoms with van der Waals surface area (Å²) in [6.45, 7) is 5.50. The maximum atomic E-state index is 13.4. The van der Waals surface area contributed by atoms with Gasteiger partial charge >= 0.3 is 12.2 Å². The van der Waals surface area contributed by atoms with E-state index in [0.29, 0.717) is 28.2 Å². The first-order valence-corrected chi connectivity index (χ1v) is 12.1. The normalized spacial score (nSPS) is 11.7. The van der Waals surface area contributed by atoms with Crippen molar-refractivity contribution in [2.24, 2.45) is 0 Å². The second-order valence-corrected chi connectivity index (χ2v) is 8.73. The summed E-state index contributed by atoms with van der Waals surface area (Å²) in [5.74, 6) is 1.25. The molecule has 1 aromatic carbocycles. The molecule has 1 N–H and O–H groups in total. The summed E-state index contributed by atoms with van der Waals surface area (Å²) >= 11 is 0. The number of imidazole rings is 1. The van der Waals surface area contributed by atoms with Crippen molar-refractivity contribution in [3.63, 3.8) is 0 Å². The lowest BCUT2D eigenvalue weighted by atomic mass is 10.1. The van der Waals surface area contributed by atoms with Crippen LogP contribution < -0.4 is 14.8 Å². The number of amides is 1. The Morgan fingerprint density at radius 1 is 1.14 bits per heavy atom. The molecule has 11 nitrogen and oxygen atoms in total. The molecule has 35 heavy (non-hydrogen) atoms. The van der Waals surface area contributed by atoms with Crippen molar-refractivity contribution in [1.82, 2.24) is 19.9 Å². The number of carbonyl (C=O) groups is 2. The Bertz CT molecular complexity index is 1260. The Labute approximate surface area is 205 Å². The van der Waals surface area contributed by atoms with Crippen molar-refractivity contribution in [1.29, 1.82) is 0 Å². The van der Waals surface area contributed by atoms with E-state index in [4.69, 9.17) is 14.2 Å². The molecule has 0 aliphatic carbocycles. The Balaban J connectivity index is 1.90. The van der Waals surface area contributed by atoms with Crippen molar-refractivity contribution < 1.29 is 32.7 Å². The number of carbonyl (C=O) groups excluding carboxylic acids is 2. The van der Waals surface area contributed by atoms with Gasteiger partial charge in [0.25, 0.3) is 0 Å². The number of aryl methyl sites for hydroxylation is 1. The van der Waals surface area contributed by atoms with Crippen LogP contribution in [0.25, 0.3) is 11.0 Å². The van der Waals surface area contributed by atoms with Crippen molar-refractivity contribution in [2.75, 3.05) is 34.0 Å². The molecule has 1 atom stereocenters. The van der Waals surface area contributed by atoms with E-state index in [0.717, 1.165) is 11.1 Å². The molecular formula is C23H28N4O7S. The van der Waals surface area contributed by atoms with E-state index in [1.165, 1.54) is 11.7 Å². The third kappa shape index (κ3) is 5.88. The molecule has 3 aromatic rings. The Morgan fingerprint density at radius 3 is 2.60 bits per heavy atom. The molecule has 0 aliphatic heterocycles. The van der Waals surface area contributed by atoms with Gasteiger partial charge in [-0.1, -0.05) is 0 Å². The van der Waals surface area contributed by atoms with Crippen molar-refractivity contribution in [3.05, 3.63) is 41.2 Å². The van der Waals surface area contributed by atoms with Crippen LogP contribution in [0, 0.1) is 13.8 Å². The predicted octanol–water partition coefficient (Wildman–Crippen LogP) is 3.10. The number of aromatic nitrogens is 3. The molecule has 0 radical (unpaired) electrons. The molecule has 0 aliphatic rings. The minimum atomic E-state index is -1.73. The second kappa shape index (κ2) is 11.6. The lowest BCUT2D eigenvalue weighted by molar-refractivity contribution is 0.0601. The molecule has 12 heteroatoms. The molecule has 0 spiro atoms. The number of nitrogens with zero attached hydrogens (tertiary/aromatic N) is 3. The van der Waals surface area contributed by atoms with E-state index in [9.17, 15) is 13.8 Å². The number of hydrogen-bond acceptors (Lipinski definition) is 9. The Hall–Kier alpha value is -3.67. The van der Waals surface area contributed by atoms with Gasteiger partial charge in [-0.3, -0.25) is 9.19 Å². The van der Waals surface area contributed by atoms with Gasteiger partial charge in [0.15, 0.2) is 0 Å². The first kappa shape index (κ1) is 25.9. The molecule has 0 bridgehead atoms. The summed E-state index contributed by atoms with van der Waals surface area (Å²) < 4.78 is 34.9. The fourth-order valence-electron chi connectivity index (χ4n) is 3.45. The van der Waals surface area contributed by atoms with Crippen molar-refractivity contribution >= 4 is 34.0 Å². The molecule has 1 unspecified atom stereocenters. The van der Waals surface area contributed by atoms with E-state index in [1.54, 1.807) is 38.4 Å². The summed E-state index contributed by atoms with van der Waals surface area (Å²) in [4.78, 5) is 33.3. The highest BCUT2D eigenvalue weighted by Gasteiger charge is 2.23. The average Bonchev–Trinajstić information content (AvgIpc) is 3.23. The van der Waals surface area contributed by atoms with E-state index in [1.807, 2.05) is 13.8 Å². The number of pyridine rings is 1. The number of hydrogen-bond donors (Lipinski definition) is 1. The quantitative estimate of drug-likeness (QED) is 0.345. The number of rotatable bonds is 9. The fraction of sp³-hybridized carbons (Fsp3) is 0.391. The van der Waals surface area contributed by atoms with Gasteiger partial charge in [-0.05, 0) is 32.9 Å². The Kier molecular flexibility index (Phi) is 8.63. The van der Waals surface area contributed by atoms with Crippen LogP contribution in [-0.4, -0.2) is 64.9 Å². The molecule has 0 saturated carbocycles. The lowest BCUT2D eigenvalue weighted by Crippen LogP contribution is -2.33. The summed E-state index contributed by atoms with van der Waals surface area (Å²) in [6, 6.07) is 4.43. The zero-order chi connectivity index (χ0) is 25.5. The third-order valence-corrected chi connectivity index (χ3v) is 6.33. The van der Waals surface area contributed by atoms with Crippen LogP contribution in [0.15, 0.2) is 29.6 Å². The van der Waals surface area contributed by atoms with Gasteiger partial charge in [-0.2, -0.15) is 0 Å². The second-order valence-electron chi connectivity index (χ2n) is 7.38. The Morgan fingerprint density at radius 2 is 1.91 bits per heavy atom. The van der Waals surface area contributed by atoms with Crippen LogP contribution in [0.1, 0.15) is 23.7 Å². The van der Waals surface area contributed by atoms with E-state index < -0.39 is 23.0 Å². The van der Waals surface area contributed by atoms with Gasteiger partial charge < -0.3 is 24.3 Å². The van der Waals surface area contributed by atoms with Crippen molar-refractivity contribution in [2.45, 2.75) is 31.7 Å². The minimum Gasteiger partial charge on any atom is -0.497 e. The standard InChI is InChI=1S/C23H28N4O7S/c1-6-33-23(29)34-10-9-24-21(28)27-19-8-7-16(31-4)11-17(19)26-22(27)35(30)13-18-15(3)20(32-5)14(2)12-25-18/h7-8,11-12H,6,9-10,13H2,1-5H3,(H,24,28). The number of methoxy groups -OCH3 is 2.